The van der Waals surface area contributed by atoms with E-state index in [1.165, 1.54) is 30.6 Å². The number of hydrogen-bond donors (Lipinski definition) is 1. The van der Waals surface area contributed by atoms with Crippen molar-refractivity contribution >= 4 is 42.8 Å². The molecular weight excluding hydrogens is 296 g/mol. The van der Waals surface area contributed by atoms with Crippen molar-refractivity contribution in [3.63, 3.8) is 0 Å². The molecule has 2 nitrogen and oxygen atoms in total. The molecule has 4 heteroatoms. The molecule has 1 atom stereocenters. The second kappa shape index (κ2) is 5.22. The number of nitrogens with one attached hydrogen (secondary N) is 1. The normalized spacial score (nSPS) is 13.0. The molecule has 0 fully saturated rings. The Morgan fingerprint density at radius 1 is 1.14 bits per heavy atom. The zero-order chi connectivity index (χ0) is 14.2. The van der Waals surface area contributed by atoms with Crippen LogP contribution < -0.4 is 5.32 Å². The monoisotopic (exact) mass is 310 g/mol. The second-order valence-electron chi connectivity index (χ2n) is 4.96. The van der Waals surface area contributed by atoms with Gasteiger partial charge in [-0.3, -0.25) is 4.98 Å². The van der Waals surface area contributed by atoms with E-state index in [0.717, 1.165) is 0 Å². The van der Waals surface area contributed by atoms with Crippen LogP contribution in [0.25, 0.3) is 20.2 Å². The van der Waals surface area contributed by atoms with Crippen molar-refractivity contribution in [3.8, 4) is 0 Å². The summed E-state index contributed by atoms with van der Waals surface area (Å²) >= 11 is 3.67. The Balaban J connectivity index is 1.90. The fourth-order valence-electron chi connectivity index (χ4n) is 2.77. The van der Waals surface area contributed by atoms with Gasteiger partial charge in [0.1, 0.15) is 0 Å². The first-order valence-corrected chi connectivity index (χ1v) is 8.53. The minimum atomic E-state index is 0.211. The minimum Gasteiger partial charge on any atom is -0.309 e. The van der Waals surface area contributed by atoms with Crippen LogP contribution in [0.4, 0.5) is 0 Å². The Morgan fingerprint density at radius 3 is 2.95 bits per heavy atom. The molecular formula is C17H14N2S2. The highest BCUT2D eigenvalue weighted by atomic mass is 32.1. The standard InChI is InChI=1S/C17H14N2S2/c1-18-17(16-9-15-14(21-16)6-8-20-15)12-4-2-3-11-5-7-19-10-13(11)12/h2-10,17-18H,1H3. The third kappa shape index (κ3) is 2.16. The van der Waals surface area contributed by atoms with E-state index in [1.54, 1.807) is 11.3 Å². The van der Waals surface area contributed by atoms with Crippen molar-refractivity contribution in [3.05, 3.63) is 64.6 Å². The van der Waals surface area contributed by atoms with Gasteiger partial charge < -0.3 is 5.32 Å². The smallest absolute Gasteiger partial charge is 0.0675 e. The molecule has 0 aliphatic heterocycles. The van der Waals surface area contributed by atoms with Crippen LogP contribution in [-0.2, 0) is 0 Å². The molecule has 0 aliphatic carbocycles. The van der Waals surface area contributed by atoms with Crippen LogP contribution >= 0.6 is 22.7 Å². The van der Waals surface area contributed by atoms with Gasteiger partial charge in [-0.25, -0.2) is 0 Å². The number of aromatic nitrogens is 1. The van der Waals surface area contributed by atoms with Crippen molar-refractivity contribution in [1.29, 1.82) is 0 Å². The lowest BCUT2D eigenvalue weighted by molar-refractivity contribution is 0.709. The lowest BCUT2D eigenvalue weighted by atomic mass is 9.99. The first-order valence-electron chi connectivity index (χ1n) is 6.83. The molecule has 1 N–H and O–H groups in total. The van der Waals surface area contributed by atoms with Crippen molar-refractivity contribution < 1.29 is 0 Å². The van der Waals surface area contributed by atoms with Crippen LogP contribution in [0.15, 0.2) is 54.2 Å². The van der Waals surface area contributed by atoms with Crippen molar-refractivity contribution in [2.24, 2.45) is 0 Å². The number of hydrogen-bond acceptors (Lipinski definition) is 4. The number of nitrogens with zero attached hydrogens (tertiary/aromatic N) is 1. The molecule has 4 aromatic rings. The maximum atomic E-state index is 4.29. The SMILES string of the molecule is CNC(c1cc2sccc2s1)c1cccc2ccncc12. The summed E-state index contributed by atoms with van der Waals surface area (Å²) in [6.07, 6.45) is 3.81. The maximum Gasteiger partial charge on any atom is 0.0675 e. The first-order chi connectivity index (χ1) is 10.4. The van der Waals surface area contributed by atoms with Crippen LogP contribution in [0, 0.1) is 0 Å². The lowest BCUT2D eigenvalue weighted by Gasteiger charge is -2.17. The second-order valence-corrected chi connectivity index (χ2v) is 7.03. The van der Waals surface area contributed by atoms with Crippen LogP contribution in [0.2, 0.25) is 0 Å². The quantitative estimate of drug-likeness (QED) is 0.587. The van der Waals surface area contributed by atoms with E-state index < -0.39 is 0 Å². The summed E-state index contributed by atoms with van der Waals surface area (Å²) in [7, 11) is 2.02. The van der Waals surface area contributed by atoms with E-state index in [4.69, 9.17) is 0 Å². The van der Waals surface area contributed by atoms with Gasteiger partial charge in [-0.05, 0) is 41.6 Å². The largest absolute Gasteiger partial charge is 0.309 e. The van der Waals surface area contributed by atoms with Gasteiger partial charge in [-0.1, -0.05) is 18.2 Å². The number of thiophene rings is 2. The van der Waals surface area contributed by atoms with Crippen molar-refractivity contribution in [1.82, 2.24) is 10.3 Å². The highest BCUT2D eigenvalue weighted by Gasteiger charge is 2.17. The van der Waals surface area contributed by atoms with Crippen molar-refractivity contribution in [2.45, 2.75) is 6.04 Å². The molecule has 104 valence electrons. The zero-order valence-corrected chi connectivity index (χ0v) is 13.2. The number of fused-ring (bicyclic) bond motifs is 2. The third-order valence-corrected chi connectivity index (χ3v) is 5.92. The molecule has 0 amide bonds. The highest BCUT2D eigenvalue weighted by molar-refractivity contribution is 7.27. The minimum absolute atomic E-state index is 0.211. The Kier molecular flexibility index (Phi) is 3.22. The van der Waals surface area contributed by atoms with Gasteiger partial charge in [0.25, 0.3) is 0 Å². The first kappa shape index (κ1) is 13.0. The van der Waals surface area contributed by atoms with E-state index in [9.17, 15) is 0 Å². The van der Waals surface area contributed by atoms with Crippen LogP contribution in [0.3, 0.4) is 0 Å². The summed E-state index contributed by atoms with van der Waals surface area (Å²) in [5.41, 5.74) is 1.29. The molecule has 4 rings (SSSR count). The molecule has 1 unspecified atom stereocenters. The Morgan fingerprint density at radius 2 is 2.10 bits per heavy atom. The average molecular weight is 310 g/mol. The van der Waals surface area contributed by atoms with Crippen LogP contribution in [0.5, 0.6) is 0 Å². The molecule has 3 aromatic heterocycles. The average Bonchev–Trinajstić information content (AvgIpc) is 3.10. The Hall–Kier alpha value is -1.75. The van der Waals surface area contributed by atoms with Gasteiger partial charge in [-0.2, -0.15) is 0 Å². The highest BCUT2D eigenvalue weighted by Crippen LogP contribution is 2.37. The Labute approximate surface area is 131 Å². The third-order valence-electron chi connectivity index (χ3n) is 3.76. The van der Waals surface area contributed by atoms with Gasteiger partial charge >= 0.3 is 0 Å². The molecule has 0 bridgehead atoms. The molecule has 1 aromatic carbocycles. The predicted octanol–water partition coefficient (Wildman–Crippen LogP) is 4.82. The number of benzene rings is 1. The van der Waals surface area contributed by atoms with E-state index in [2.05, 4.69) is 52.1 Å². The maximum absolute atomic E-state index is 4.29. The van der Waals surface area contributed by atoms with Crippen LogP contribution in [0.1, 0.15) is 16.5 Å². The van der Waals surface area contributed by atoms with E-state index >= 15 is 0 Å². The van der Waals surface area contributed by atoms with Gasteiger partial charge in [0.05, 0.1) is 6.04 Å². The fourth-order valence-corrected chi connectivity index (χ4v) is 5.02. The topological polar surface area (TPSA) is 24.9 Å². The van der Waals surface area contributed by atoms with E-state index in [1.807, 2.05) is 30.8 Å². The van der Waals surface area contributed by atoms with Gasteiger partial charge in [0, 0.05) is 32.1 Å². The Bertz CT molecular complexity index is 873. The molecule has 0 saturated heterocycles. The lowest BCUT2D eigenvalue weighted by Crippen LogP contribution is -2.16. The molecule has 21 heavy (non-hydrogen) atoms. The summed E-state index contributed by atoms with van der Waals surface area (Å²) in [4.78, 5) is 5.65. The zero-order valence-electron chi connectivity index (χ0n) is 11.5. The summed E-state index contributed by atoms with van der Waals surface area (Å²) in [5, 5.41) is 8.07. The van der Waals surface area contributed by atoms with Gasteiger partial charge in [0.2, 0.25) is 0 Å². The predicted molar refractivity (Wildman–Crippen MR) is 92.3 cm³/mol. The van der Waals surface area contributed by atoms with Crippen molar-refractivity contribution in [2.75, 3.05) is 7.05 Å². The summed E-state index contributed by atoms with van der Waals surface area (Å²) in [5.74, 6) is 0. The molecule has 0 saturated carbocycles. The van der Waals surface area contributed by atoms with Gasteiger partial charge in [-0.15, -0.1) is 22.7 Å². The molecule has 0 spiro atoms. The van der Waals surface area contributed by atoms with Gasteiger partial charge in [0.15, 0.2) is 0 Å². The molecule has 0 aliphatic rings. The van der Waals surface area contributed by atoms with Crippen LogP contribution in [-0.4, -0.2) is 12.0 Å². The fraction of sp³-hybridized carbons (Fsp3) is 0.118. The summed E-state index contributed by atoms with van der Waals surface area (Å²) < 4.78 is 2.74. The van der Waals surface area contributed by atoms with E-state index in [-0.39, 0.29) is 6.04 Å². The summed E-state index contributed by atoms with van der Waals surface area (Å²) in [6.45, 7) is 0. The number of rotatable bonds is 3. The molecule has 0 radical (unpaired) electrons. The van der Waals surface area contributed by atoms with E-state index in [0.29, 0.717) is 0 Å². The number of pyridine rings is 1. The summed E-state index contributed by atoms with van der Waals surface area (Å²) in [6, 6.07) is 13.2. The molecule has 3 heterocycles.